The molecule has 0 aliphatic heterocycles. The zero-order valence-electron chi connectivity index (χ0n) is 17.0. The standard InChI is InChI=1S/C22H22N4O4/c1-26(22(27)15-10-16(28-2)13-17(11-15)29-3)9-8-20-24-21(30-25-20)19-12-14-6-4-5-7-18(14)23-19/h4-7,10-13,23H,8-9H2,1-3H3. The number of rotatable bonds is 7. The van der Waals surface area contributed by atoms with Crippen LogP contribution in [0.1, 0.15) is 16.2 Å². The summed E-state index contributed by atoms with van der Waals surface area (Å²) in [5.74, 6) is 1.94. The Labute approximate surface area is 173 Å². The fourth-order valence-corrected chi connectivity index (χ4v) is 3.17. The minimum atomic E-state index is -0.147. The third-order valence-electron chi connectivity index (χ3n) is 4.84. The Morgan fingerprint density at radius 3 is 2.53 bits per heavy atom. The van der Waals surface area contributed by atoms with Crippen LogP contribution in [-0.4, -0.2) is 53.7 Å². The summed E-state index contributed by atoms with van der Waals surface area (Å²) in [6.07, 6.45) is 0.465. The molecule has 2 heterocycles. The van der Waals surface area contributed by atoms with Crippen molar-refractivity contribution in [1.82, 2.24) is 20.0 Å². The molecule has 2 aromatic carbocycles. The van der Waals surface area contributed by atoms with Crippen LogP contribution in [-0.2, 0) is 6.42 Å². The number of hydrogen-bond acceptors (Lipinski definition) is 6. The van der Waals surface area contributed by atoms with Crippen LogP contribution >= 0.6 is 0 Å². The number of fused-ring (bicyclic) bond motifs is 1. The molecule has 0 atom stereocenters. The number of amides is 1. The monoisotopic (exact) mass is 406 g/mol. The number of carbonyl (C=O) groups is 1. The minimum absolute atomic E-state index is 0.147. The highest BCUT2D eigenvalue weighted by Crippen LogP contribution is 2.24. The predicted molar refractivity (Wildman–Crippen MR) is 112 cm³/mol. The number of aromatic nitrogens is 3. The molecule has 1 amide bonds. The molecule has 8 nitrogen and oxygen atoms in total. The van der Waals surface area contributed by atoms with E-state index in [-0.39, 0.29) is 5.91 Å². The topological polar surface area (TPSA) is 93.5 Å². The van der Waals surface area contributed by atoms with Gasteiger partial charge in [-0.05, 0) is 24.3 Å². The third kappa shape index (κ3) is 3.98. The van der Waals surface area contributed by atoms with Gasteiger partial charge in [-0.3, -0.25) is 4.79 Å². The first kappa shape index (κ1) is 19.5. The molecule has 0 aliphatic carbocycles. The fraction of sp³-hybridized carbons (Fsp3) is 0.227. The molecular formula is C22H22N4O4. The van der Waals surface area contributed by atoms with Gasteiger partial charge in [0.1, 0.15) is 17.2 Å². The average molecular weight is 406 g/mol. The lowest BCUT2D eigenvalue weighted by molar-refractivity contribution is 0.0795. The molecule has 0 saturated carbocycles. The van der Waals surface area contributed by atoms with Gasteiger partial charge in [0.05, 0.1) is 14.2 Å². The van der Waals surface area contributed by atoms with E-state index in [1.165, 1.54) is 0 Å². The Kier molecular flexibility index (Phi) is 5.38. The largest absolute Gasteiger partial charge is 0.497 e. The lowest BCUT2D eigenvalue weighted by atomic mass is 10.1. The number of nitrogens with one attached hydrogen (secondary N) is 1. The molecule has 4 rings (SSSR count). The SMILES string of the molecule is COc1cc(OC)cc(C(=O)N(C)CCc2noc(-c3cc4ccccc4[nH]3)n2)c1. The van der Waals surface area contributed by atoms with Crippen LogP contribution in [0.25, 0.3) is 22.5 Å². The van der Waals surface area contributed by atoms with E-state index in [4.69, 9.17) is 14.0 Å². The predicted octanol–water partition coefficient (Wildman–Crippen LogP) is 3.55. The van der Waals surface area contributed by atoms with Gasteiger partial charge in [-0.25, -0.2) is 0 Å². The molecule has 2 aromatic heterocycles. The smallest absolute Gasteiger partial charge is 0.274 e. The first-order chi connectivity index (χ1) is 14.6. The summed E-state index contributed by atoms with van der Waals surface area (Å²) in [5, 5.41) is 5.11. The van der Waals surface area contributed by atoms with E-state index < -0.39 is 0 Å². The van der Waals surface area contributed by atoms with Gasteiger partial charge in [-0.1, -0.05) is 23.4 Å². The lowest BCUT2D eigenvalue weighted by Crippen LogP contribution is -2.29. The Balaban J connectivity index is 1.43. The Hall–Kier alpha value is -3.81. The molecule has 1 N–H and O–H groups in total. The van der Waals surface area contributed by atoms with E-state index in [1.807, 2.05) is 30.3 Å². The Morgan fingerprint density at radius 1 is 1.10 bits per heavy atom. The van der Waals surface area contributed by atoms with Gasteiger partial charge in [0.25, 0.3) is 11.8 Å². The highest BCUT2D eigenvalue weighted by molar-refractivity contribution is 5.95. The van der Waals surface area contributed by atoms with Crippen LogP contribution < -0.4 is 9.47 Å². The molecule has 154 valence electrons. The summed E-state index contributed by atoms with van der Waals surface area (Å²) >= 11 is 0. The Morgan fingerprint density at radius 2 is 1.83 bits per heavy atom. The molecule has 8 heteroatoms. The van der Waals surface area contributed by atoms with Gasteiger partial charge >= 0.3 is 0 Å². The summed E-state index contributed by atoms with van der Waals surface area (Å²) in [4.78, 5) is 22.1. The second-order valence-electron chi connectivity index (χ2n) is 6.86. The number of benzene rings is 2. The summed E-state index contributed by atoms with van der Waals surface area (Å²) in [6, 6.07) is 15.0. The first-order valence-electron chi connectivity index (χ1n) is 9.46. The van der Waals surface area contributed by atoms with Crippen molar-refractivity contribution in [3.05, 3.63) is 59.9 Å². The molecule has 0 unspecified atom stereocenters. The molecule has 0 radical (unpaired) electrons. The highest BCUT2D eigenvalue weighted by Gasteiger charge is 2.16. The maximum Gasteiger partial charge on any atom is 0.274 e. The van der Waals surface area contributed by atoms with Crippen molar-refractivity contribution in [3.63, 3.8) is 0 Å². The third-order valence-corrected chi connectivity index (χ3v) is 4.84. The molecule has 0 aliphatic rings. The molecule has 30 heavy (non-hydrogen) atoms. The maximum absolute atomic E-state index is 12.8. The van der Waals surface area contributed by atoms with Gasteiger partial charge < -0.3 is 23.9 Å². The van der Waals surface area contributed by atoms with Crippen molar-refractivity contribution in [1.29, 1.82) is 0 Å². The van der Waals surface area contributed by atoms with Gasteiger partial charge in [-0.2, -0.15) is 4.98 Å². The summed E-state index contributed by atoms with van der Waals surface area (Å²) in [6.45, 7) is 0.435. The van der Waals surface area contributed by atoms with Gasteiger partial charge in [-0.15, -0.1) is 0 Å². The normalized spacial score (nSPS) is 10.9. The lowest BCUT2D eigenvalue weighted by Gasteiger charge is -2.17. The van der Waals surface area contributed by atoms with E-state index in [2.05, 4.69) is 15.1 Å². The molecule has 4 aromatic rings. The maximum atomic E-state index is 12.8. The molecule has 0 fully saturated rings. The highest BCUT2D eigenvalue weighted by atomic mass is 16.5. The number of carbonyl (C=O) groups excluding carboxylic acids is 1. The number of hydrogen-bond donors (Lipinski definition) is 1. The first-order valence-corrected chi connectivity index (χ1v) is 9.46. The minimum Gasteiger partial charge on any atom is -0.497 e. The fourth-order valence-electron chi connectivity index (χ4n) is 3.17. The van der Waals surface area contributed by atoms with Crippen molar-refractivity contribution in [2.75, 3.05) is 27.8 Å². The number of H-pyrrole nitrogens is 1. The van der Waals surface area contributed by atoms with E-state index >= 15 is 0 Å². The van der Waals surface area contributed by atoms with Crippen LogP contribution in [0, 0.1) is 0 Å². The van der Waals surface area contributed by atoms with E-state index in [0.29, 0.717) is 41.7 Å². The second kappa shape index (κ2) is 8.28. The van der Waals surface area contributed by atoms with E-state index in [1.54, 1.807) is 44.4 Å². The molecular weight excluding hydrogens is 384 g/mol. The number of para-hydroxylation sites is 1. The quantitative estimate of drug-likeness (QED) is 0.504. The number of aromatic amines is 1. The van der Waals surface area contributed by atoms with Crippen LogP contribution in [0.2, 0.25) is 0 Å². The number of ether oxygens (including phenoxy) is 2. The van der Waals surface area contributed by atoms with Crippen molar-refractivity contribution in [2.24, 2.45) is 0 Å². The van der Waals surface area contributed by atoms with Crippen molar-refractivity contribution in [3.8, 4) is 23.1 Å². The van der Waals surface area contributed by atoms with Crippen LogP contribution in [0.4, 0.5) is 0 Å². The van der Waals surface area contributed by atoms with Crippen LogP contribution in [0.15, 0.2) is 53.1 Å². The van der Waals surface area contributed by atoms with Gasteiger partial charge in [0.15, 0.2) is 5.82 Å². The summed E-state index contributed by atoms with van der Waals surface area (Å²) in [7, 11) is 4.83. The van der Waals surface area contributed by atoms with Gasteiger partial charge in [0.2, 0.25) is 0 Å². The molecule has 0 bridgehead atoms. The van der Waals surface area contributed by atoms with Gasteiger partial charge in [0, 0.05) is 42.5 Å². The zero-order valence-corrected chi connectivity index (χ0v) is 17.0. The zero-order chi connectivity index (χ0) is 21.1. The molecule has 0 spiro atoms. The van der Waals surface area contributed by atoms with Crippen LogP contribution in [0.5, 0.6) is 11.5 Å². The van der Waals surface area contributed by atoms with Crippen molar-refractivity contribution in [2.45, 2.75) is 6.42 Å². The number of likely N-dealkylation sites (N-methyl/N-ethyl adjacent to an activating group) is 1. The average Bonchev–Trinajstić information content (AvgIpc) is 3.43. The molecule has 0 saturated heterocycles. The van der Waals surface area contributed by atoms with Crippen LogP contribution in [0.3, 0.4) is 0 Å². The Bertz CT molecular complexity index is 1130. The van der Waals surface area contributed by atoms with Crippen molar-refractivity contribution >= 4 is 16.8 Å². The van der Waals surface area contributed by atoms with Crippen molar-refractivity contribution < 1.29 is 18.8 Å². The van der Waals surface area contributed by atoms with E-state index in [0.717, 1.165) is 16.6 Å². The summed E-state index contributed by atoms with van der Waals surface area (Å²) < 4.78 is 15.9. The van der Waals surface area contributed by atoms with E-state index in [9.17, 15) is 4.79 Å². The second-order valence-corrected chi connectivity index (χ2v) is 6.86. The number of methoxy groups -OCH3 is 2. The number of nitrogens with zero attached hydrogens (tertiary/aromatic N) is 3. The summed E-state index contributed by atoms with van der Waals surface area (Å²) in [5.41, 5.74) is 2.26.